The summed E-state index contributed by atoms with van der Waals surface area (Å²) in [6.45, 7) is 0.756. The number of aliphatic imine (C=N–C) groups is 1. The summed E-state index contributed by atoms with van der Waals surface area (Å²) in [5.41, 5.74) is 1.78. The molecule has 0 aliphatic rings. The number of ether oxygens (including phenoxy) is 2. The Kier molecular flexibility index (Phi) is 7.00. The zero-order valence-corrected chi connectivity index (χ0v) is 15.9. The highest BCUT2D eigenvalue weighted by atomic mass is 19.1. The number of nitriles is 1. The first kappa shape index (κ1) is 20.0. The van der Waals surface area contributed by atoms with Crippen LogP contribution >= 0.6 is 0 Å². The highest BCUT2D eigenvalue weighted by Crippen LogP contribution is 2.25. The Labute approximate surface area is 158 Å². The second-order valence-electron chi connectivity index (χ2n) is 5.85. The third-order valence-electron chi connectivity index (χ3n) is 4.09. The lowest BCUT2D eigenvalue weighted by molar-refractivity contribution is 0.382. The Morgan fingerprint density at radius 2 is 1.96 bits per heavy atom. The number of hydrogen-bond donors (Lipinski definition) is 1. The molecule has 2 aromatic rings. The van der Waals surface area contributed by atoms with Crippen LogP contribution in [-0.4, -0.2) is 39.2 Å². The van der Waals surface area contributed by atoms with E-state index in [1.807, 2.05) is 36.2 Å². The molecule has 2 aromatic carbocycles. The Balaban J connectivity index is 2.09. The summed E-state index contributed by atoms with van der Waals surface area (Å²) in [5, 5.41) is 12.1. The monoisotopic (exact) mass is 370 g/mol. The van der Waals surface area contributed by atoms with E-state index in [2.05, 4.69) is 10.3 Å². The van der Waals surface area contributed by atoms with Gasteiger partial charge in [-0.05, 0) is 30.3 Å². The highest BCUT2D eigenvalue weighted by molar-refractivity contribution is 5.79. The average Bonchev–Trinajstić information content (AvgIpc) is 2.69. The average molecular weight is 370 g/mol. The molecule has 0 aliphatic carbocycles. The minimum absolute atomic E-state index is 0.220. The molecule has 0 bridgehead atoms. The molecular weight excluding hydrogens is 347 g/mol. The first-order chi connectivity index (χ1) is 13.0. The molecule has 7 heteroatoms. The minimum Gasteiger partial charge on any atom is -0.497 e. The lowest BCUT2D eigenvalue weighted by Crippen LogP contribution is -2.38. The molecule has 0 spiro atoms. The maximum atomic E-state index is 13.9. The van der Waals surface area contributed by atoms with Crippen LogP contribution in [0.1, 0.15) is 16.7 Å². The number of nitrogens with one attached hydrogen (secondary N) is 1. The molecule has 0 radical (unpaired) electrons. The predicted octanol–water partition coefficient (Wildman–Crippen LogP) is 2.92. The first-order valence-corrected chi connectivity index (χ1v) is 8.33. The van der Waals surface area contributed by atoms with Crippen molar-refractivity contribution in [1.29, 1.82) is 5.26 Å². The van der Waals surface area contributed by atoms with Crippen LogP contribution in [0.25, 0.3) is 0 Å². The number of nitrogens with zero attached hydrogens (tertiary/aromatic N) is 3. The fourth-order valence-corrected chi connectivity index (χ4v) is 2.65. The van der Waals surface area contributed by atoms with E-state index < -0.39 is 0 Å². The zero-order chi connectivity index (χ0) is 19.8. The Hall–Kier alpha value is -3.27. The second kappa shape index (κ2) is 9.43. The number of benzene rings is 2. The van der Waals surface area contributed by atoms with Crippen molar-refractivity contribution >= 4 is 5.96 Å². The summed E-state index contributed by atoms with van der Waals surface area (Å²) in [5.74, 6) is 1.66. The molecule has 0 fully saturated rings. The van der Waals surface area contributed by atoms with Crippen molar-refractivity contribution in [3.8, 4) is 17.6 Å². The highest BCUT2D eigenvalue weighted by Gasteiger charge is 2.12. The van der Waals surface area contributed by atoms with E-state index in [-0.39, 0.29) is 12.4 Å². The van der Waals surface area contributed by atoms with Crippen molar-refractivity contribution in [2.24, 2.45) is 4.99 Å². The molecule has 142 valence electrons. The largest absolute Gasteiger partial charge is 0.497 e. The predicted molar refractivity (Wildman–Crippen MR) is 102 cm³/mol. The number of rotatable bonds is 6. The Bertz CT molecular complexity index is 862. The fraction of sp³-hybridized carbons (Fsp3) is 0.300. The molecule has 2 rings (SSSR count). The number of guanidine groups is 1. The van der Waals surface area contributed by atoms with E-state index in [4.69, 9.17) is 14.7 Å². The van der Waals surface area contributed by atoms with Gasteiger partial charge in [0.25, 0.3) is 0 Å². The standard InChI is InChI=1S/C20H23FN4O2/c1-23-20(24-12-16-9-14(11-22)5-8-18(16)21)25(2)13-15-6-7-17(26-3)10-19(15)27-4/h5-10H,12-13H2,1-4H3,(H,23,24). The fourth-order valence-electron chi connectivity index (χ4n) is 2.65. The maximum absolute atomic E-state index is 13.9. The molecule has 0 saturated heterocycles. The van der Waals surface area contributed by atoms with Crippen LogP contribution in [0.4, 0.5) is 4.39 Å². The Morgan fingerprint density at radius 1 is 1.19 bits per heavy atom. The molecule has 0 heterocycles. The number of halogens is 1. The van der Waals surface area contributed by atoms with E-state index in [1.54, 1.807) is 21.3 Å². The van der Waals surface area contributed by atoms with E-state index >= 15 is 0 Å². The molecule has 0 aromatic heterocycles. The second-order valence-corrected chi connectivity index (χ2v) is 5.85. The topological polar surface area (TPSA) is 69.9 Å². The van der Waals surface area contributed by atoms with Crippen LogP contribution in [0.3, 0.4) is 0 Å². The van der Waals surface area contributed by atoms with Gasteiger partial charge < -0.3 is 19.7 Å². The lowest BCUT2D eigenvalue weighted by atomic mass is 10.1. The van der Waals surface area contributed by atoms with Crippen molar-refractivity contribution in [2.45, 2.75) is 13.1 Å². The molecule has 6 nitrogen and oxygen atoms in total. The molecular formula is C20H23FN4O2. The molecule has 0 saturated carbocycles. The van der Waals surface area contributed by atoms with E-state index in [0.717, 1.165) is 5.56 Å². The van der Waals surface area contributed by atoms with Gasteiger partial charge in [-0.2, -0.15) is 5.26 Å². The van der Waals surface area contributed by atoms with Crippen LogP contribution in [0.5, 0.6) is 11.5 Å². The van der Waals surface area contributed by atoms with Crippen molar-refractivity contribution in [3.05, 3.63) is 58.9 Å². The van der Waals surface area contributed by atoms with Gasteiger partial charge in [0.15, 0.2) is 5.96 Å². The van der Waals surface area contributed by atoms with Gasteiger partial charge in [-0.3, -0.25) is 4.99 Å². The van der Waals surface area contributed by atoms with E-state index in [1.165, 1.54) is 18.2 Å². The summed E-state index contributed by atoms with van der Waals surface area (Å²) in [7, 11) is 6.75. The van der Waals surface area contributed by atoms with Crippen molar-refractivity contribution < 1.29 is 13.9 Å². The molecule has 0 atom stereocenters. The zero-order valence-electron chi connectivity index (χ0n) is 15.9. The summed E-state index contributed by atoms with van der Waals surface area (Å²) < 4.78 is 24.6. The normalized spacial score (nSPS) is 10.9. The van der Waals surface area contributed by atoms with E-state index in [9.17, 15) is 4.39 Å². The Morgan fingerprint density at radius 3 is 2.59 bits per heavy atom. The van der Waals surface area contributed by atoms with E-state index in [0.29, 0.717) is 35.1 Å². The van der Waals surface area contributed by atoms with Gasteiger partial charge >= 0.3 is 0 Å². The summed E-state index contributed by atoms with van der Waals surface area (Å²) in [6.07, 6.45) is 0. The van der Waals surface area contributed by atoms with Crippen LogP contribution in [0.15, 0.2) is 41.4 Å². The van der Waals surface area contributed by atoms with Crippen molar-refractivity contribution in [1.82, 2.24) is 10.2 Å². The van der Waals surface area contributed by atoms with Crippen LogP contribution in [0, 0.1) is 17.1 Å². The van der Waals surface area contributed by atoms with Gasteiger partial charge in [0.2, 0.25) is 0 Å². The lowest BCUT2D eigenvalue weighted by Gasteiger charge is -2.23. The van der Waals surface area contributed by atoms with Crippen molar-refractivity contribution in [2.75, 3.05) is 28.3 Å². The summed E-state index contributed by atoms with van der Waals surface area (Å²) in [6, 6.07) is 11.9. The van der Waals surface area contributed by atoms with Crippen LogP contribution < -0.4 is 14.8 Å². The molecule has 27 heavy (non-hydrogen) atoms. The van der Waals surface area contributed by atoms with Crippen molar-refractivity contribution in [3.63, 3.8) is 0 Å². The van der Waals surface area contributed by atoms with Gasteiger partial charge in [-0.25, -0.2) is 4.39 Å². The quantitative estimate of drug-likeness (QED) is 0.625. The smallest absolute Gasteiger partial charge is 0.193 e. The molecule has 0 aliphatic heterocycles. The summed E-state index contributed by atoms with van der Waals surface area (Å²) in [4.78, 5) is 6.14. The third-order valence-corrected chi connectivity index (χ3v) is 4.09. The van der Waals surface area contributed by atoms with Gasteiger partial charge in [0, 0.05) is 44.4 Å². The van der Waals surface area contributed by atoms with Gasteiger partial charge in [-0.1, -0.05) is 0 Å². The van der Waals surface area contributed by atoms with Crippen LogP contribution in [-0.2, 0) is 13.1 Å². The molecule has 0 amide bonds. The van der Waals surface area contributed by atoms with Gasteiger partial charge in [0.1, 0.15) is 17.3 Å². The third kappa shape index (κ3) is 5.11. The van der Waals surface area contributed by atoms with Crippen LogP contribution in [0.2, 0.25) is 0 Å². The maximum Gasteiger partial charge on any atom is 0.193 e. The summed E-state index contributed by atoms with van der Waals surface area (Å²) >= 11 is 0. The van der Waals surface area contributed by atoms with Gasteiger partial charge in [0.05, 0.1) is 25.9 Å². The molecule has 1 N–H and O–H groups in total. The van der Waals surface area contributed by atoms with Gasteiger partial charge in [-0.15, -0.1) is 0 Å². The first-order valence-electron chi connectivity index (χ1n) is 8.33. The number of methoxy groups -OCH3 is 2. The molecule has 0 unspecified atom stereocenters. The minimum atomic E-state index is -0.364. The SMILES string of the molecule is CN=C(NCc1cc(C#N)ccc1F)N(C)Cc1ccc(OC)cc1OC. The number of hydrogen-bond acceptors (Lipinski definition) is 4.